The van der Waals surface area contributed by atoms with Gasteiger partial charge in [0.2, 0.25) is 0 Å². The molecule has 11 heavy (non-hydrogen) atoms. The van der Waals surface area contributed by atoms with Crippen molar-refractivity contribution >= 4 is 22.6 Å². The lowest BCUT2D eigenvalue weighted by molar-refractivity contribution is 0.474. The Labute approximate surface area is 66.8 Å². The summed E-state index contributed by atoms with van der Waals surface area (Å²) in [6.45, 7) is 0. The summed E-state index contributed by atoms with van der Waals surface area (Å²) in [6, 6.07) is 0. The van der Waals surface area contributed by atoms with Crippen LogP contribution < -0.4 is 0 Å². The summed E-state index contributed by atoms with van der Waals surface area (Å²) in [5, 5.41) is 16.4. The Bertz CT molecular complexity index is 398. The molecule has 4 nitrogen and oxygen atoms in total. The van der Waals surface area contributed by atoms with Gasteiger partial charge in [-0.3, -0.25) is 5.10 Å². The highest BCUT2D eigenvalue weighted by atomic mass is 35.5. The van der Waals surface area contributed by atoms with Crippen LogP contribution in [0.3, 0.4) is 0 Å². The van der Waals surface area contributed by atoms with Crippen molar-refractivity contribution in [3.63, 3.8) is 0 Å². The minimum atomic E-state index is -0.0273. The van der Waals surface area contributed by atoms with E-state index < -0.39 is 0 Å². The van der Waals surface area contributed by atoms with Crippen molar-refractivity contribution in [3.8, 4) is 5.75 Å². The molecule has 2 N–H and O–H groups in total. The predicted molar refractivity (Wildman–Crippen MR) is 40.6 cm³/mol. The van der Waals surface area contributed by atoms with E-state index in [9.17, 15) is 0 Å². The summed E-state index contributed by atoms with van der Waals surface area (Å²) in [5.74, 6) is -0.0273. The lowest BCUT2D eigenvalue weighted by Crippen LogP contribution is -1.76. The molecule has 0 aliphatic heterocycles. The van der Waals surface area contributed by atoms with E-state index in [1.54, 1.807) is 0 Å². The van der Waals surface area contributed by atoms with Crippen LogP contribution >= 0.6 is 11.6 Å². The molecular weight excluding hydrogens is 166 g/mol. The number of nitrogens with one attached hydrogen (secondary N) is 1. The third-order valence-corrected chi connectivity index (χ3v) is 1.79. The zero-order valence-electron chi connectivity index (χ0n) is 5.37. The summed E-state index contributed by atoms with van der Waals surface area (Å²) in [7, 11) is 0. The first-order valence-electron chi connectivity index (χ1n) is 2.95. The van der Waals surface area contributed by atoms with Crippen molar-refractivity contribution in [1.82, 2.24) is 15.2 Å². The van der Waals surface area contributed by atoms with Gasteiger partial charge in [-0.05, 0) is 0 Å². The van der Waals surface area contributed by atoms with E-state index >= 15 is 0 Å². The molecule has 0 fully saturated rings. The fourth-order valence-corrected chi connectivity index (χ4v) is 1.05. The average molecular weight is 170 g/mol. The standard InChI is InChI=1S/C6H4ClN3O/c7-5-3-1-9-10-6(3)8-2-4(5)11/h1-2,11H,(H,8,9,10). The Hall–Kier alpha value is -1.29. The van der Waals surface area contributed by atoms with E-state index in [0.29, 0.717) is 11.0 Å². The Morgan fingerprint density at radius 1 is 1.45 bits per heavy atom. The third kappa shape index (κ3) is 0.832. The number of aromatic hydroxyl groups is 1. The topological polar surface area (TPSA) is 61.8 Å². The van der Waals surface area contributed by atoms with Gasteiger partial charge < -0.3 is 5.11 Å². The number of H-pyrrole nitrogens is 1. The van der Waals surface area contributed by atoms with Gasteiger partial charge in [0, 0.05) is 0 Å². The van der Waals surface area contributed by atoms with Crippen molar-refractivity contribution in [2.24, 2.45) is 0 Å². The maximum atomic E-state index is 9.10. The van der Waals surface area contributed by atoms with Crippen LogP contribution in [-0.2, 0) is 0 Å². The largest absolute Gasteiger partial charge is 0.505 e. The minimum Gasteiger partial charge on any atom is -0.505 e. The number of aromatic nitrogens is 3. The molecule has 0 saturated heterocycles. The minimum absolute atomic E-state index is 0.0273. The number of nitrogens with zero attached hydrogens (tertiary/aromatic N) is 2. The van der Waals surface area contributed by atoms with Crippen LogP contribution in [0.2, 0.25) is 5.02 Å². The highest BCUT2D eigenvalue weighted by Crippen LogP contribution is 2.28. The summed E-state index contributed by atoms with van der Waals surface area (Å²) < 4.78 is 0. The van der Waals surface area contributed by atoms with Crippen LogP contribution in [0.15, 0.2) is 12.4 Å². The molecule has 0 spiro atoms. The van der Waals surface area contributed by atoms with E-state index in [0.717, 1.165) is 0 Å². The number of hydrogen-bond acceptors (Lipinski definition) is 3. The maximum Gasteiger partial charge on any atom is 0.156 e. The second kappa shape index (κ2) is 2.10. The number of pyridine rings is 1. The molecule has 2 aromatic heterocycles. The van der Waals surface area contributed by atoms with Crippen LogP contribution in [0.1, 0.15) is 0 Å². The van der Waals surface area contributed by atoms with E-state index in [-0.39, 0.29) is 10.8 Å². The van der Waals surface area contributed by atoms with Crippen molar-refractivity contribution in [1.29, 1.82) is 0 Å². The zero-order chi connectivity index (χ0) is 7.84. The Balaban J connectivity index is 2.93. The van der Waals surface area contributed by atoms with Gasteiger partial charge in [-0.2, -0.15) is 5.10 Å². The second-order valence-corrected chi connectivity index (χ2v) is 2.47. The predicted octanol–water partition coefficient (Wildman–Crippen LogP) is 1.32. The molecule has 0 aliphatic carbocycles. The number of halogens is 1. The van der Waals surface area contributed by atoms with Crippen molar-refractivity contribution in [3.05, 3.63) is 17.4 Å². The fraction of sp³-hybridized carbons (Fsp3) is 0. The van der Waals surface area contributed by atoms with Crippen molar-refractivity contribution < 1.29 is 5.11 Å². The summed E-state index contributed by atoms with van der Waals surface area (Å²) in [6.07, 6.45) is 2.80. The van der Waals surface area contributed by atoms with Gasteiger partial charge in [-0.1, -0.05) is 11.6 Å². The first-order chi connectivity index (χ1) is 5.29. The molecule has 0 bridgehead atoms. The molecule has 0 aliphatic rings. The molecule has 2 aromatic rings. The smallest absolute Gasteiger partial charge is 0.156 e. The van der Waals surface area contributed by atoms with E-state index in [4.69, 9.17) is 16.7 Å². The highest BCUT2D eigenvalue weighted by molar-refractivity contribution is 6.36. The second-order valence-electron chi connectivity index (χ2n) is 2.09. The van der Waals surface area contributed by atoms with Gasteiger partial charge in [0.1, 0.15) is 0 Å². The van der Waals surface area contributed by atoms with Gasteiger partial charge in [-0.15, -0.1) is 0 Å². The summed E-state index contributed by atoms with van der Waals surface area (Å²) >= 11 is 5.72. The van der Waals surface area contributed by atoms with Gasteiger partial charge >= 0.3 is 0 Å². The van der Waals surface area contributed by atoms with Gasteiger partial charge in [-0.25, -0.2) is 4.98 Å². The van der Waals surface area contributed by atoms with E-state index in [1.807, 2.05) is 0 Å². The Morgan fingerprint density at radius 2 is 2.27 bits per heavy atom. The van der Waals surface area contributed by atoms with Crippen molar-refractivity contribution in [2.45, 2.75) is 0 Å². The molecule has 0 aromatic carbocycles. The molecule has 2 heterocycles. The summed E-state index contributed by atoms with van der Waals surface area (Å²) in [4.78, 5) is 3.85. The molecular formula is C6H4ClN3O. The summed E-state index contributed by atoms with van der Waals surface area (Å²) in [5.41, 5.74) is 0.577. The van der Waals surface area contributed by atoms with Crippen LogP contribution in [0.5, 0.6) is 5.75 Å². The van der Waals surface area contributed by atoms with Gasteiger partial charge in [0.25, 0.3) is 0 Å². The first kappa shape index (κ1) is 6.42. The SMILES string of the molecule is Oc1cnc2[nH]ncc2c1Cl. The Kier molecular flexibility index (Phi) is 1.22. The molecule has 0 atom stereocenters. The quantitative estimate of drug-likeness (QED) is 0.625. The molecule has 0 radical (unpaired) electrons. The number of aromatic amines is 1. The third-order valence-electron chi connectivity index (χ3n) is 1.40. The van der Waals surface area contributed by atoms with Crippen LogP contribution in [0, 0.1) is 0 Å². The first-order valence-corrected chi connectivity index (χ1v) is 3.33. The van der Waals surface area contributed by atoms with Crippen LogP contribution in [0.25, 0.3) is 11.0 Å². The lowest BCUT2D eigenvalue weighted by Gasteiger charge is -1.94. The van der Waals surface area contributed by atoms with Crippen molar-refractivity contribution in [2.75, 3.05) is 0 Å². The maximum absolute atomic E-state index is 9.10. The number of fused-ring (bicyclic) bond motifs is 1. The van der Waals surface area contributed by atoms with Crippen LogP contribution in [-0.4, -0.2) is 20.3 Å². The number of hydrogen-bond donors (Lipinski definition) is 2. The zero-order valence-corrected chi connectivity index (χ0v) is 6.13. The molecule has 0 amide bonds. The highest BCUT2D eigenvalue weighted by Gasteiger charge is 2.05. The molecule has 2 rings (SSSR count). The molecule has 5 heteroatoms. The fourth-order valence-electron chi connectivity index (χ4n) is 0.859. The van der Waals surface area contributed by atoms with E-state index in [1.165, 1.54) is 12.4 Å². The number of rotatable bonds is 0. The normalized spacial score (nSPS) is 10.6. The van der Waals surface area contributed by atoms with Gasteiger partial charge in [0.05, 0.1) is 22.8 Å². The van der Waals surface area contributed by atoms with Gasteiger partial charge in [0.15, 0.2) is 11.4 Å². The average Bonchev–Trinajstić information content (AvgIpc) is 2.45. The molecule has 0 saturated carbocycles. The lowest BCUT2D eigenvalue weighted by atomic mass is 10.3. The monoisotopic (exact) mass is 169 g/mol. The van der Waals surface area contributed by atoms with E-state index in [2.05, 4.69) is 15.2 Å². The molecule has 56 valence electrons. The molecule has 0 unspecified atom stereocenters. The Morgan fingerprint density at radius 3 is 3.09 bits per heavy atom. The van der Waals surface area contributed by atoms with Crippen LogP contribution in [0.4, 0.5) is 0 Å².